The van der Waals surface area contributed by atoms with Gasteiger partial charge in [0.15, 0.2) is 6.61 Å². The number of nitriles is 1. The Bertz CT molecular complexity index is 951. The Hall–Kier alpha value is -3.86. The van der Waals surface area contributed by atoms with Gasteiger partial charge in [0.2, 0.25) is 5.91 Å². The molecule has 0 aromatic heterocycles. The molecule has 8 heteroatoms. The van der Waals surface area contributed by atoms with Crippen molar-refractivity contribution in [2.24, 2.45) is 0 Å². The molecule has 1 heterocycles. The van der Waals surface area contributed by atoms with Crippen LogP contribution in [0.1, 0.15) is 28.8 Å². The maximum atomic E-state index is 12.5. The largest absolute Gasteiger partial charge is 0.482 e. The fraction of sp³-hybridized carbons (Fsp3) is 0.200. The summed E-state index contributed by atoms with van der Waals surface area (Å²) in [4.78, 5) is 37.9. The van der Waals surface area contributed by atoms with Gasteiger partial charge in [-0.1, -0.05) is 24.3 Å². The van der Waals surface area contributed by atoms with Gasteiger partial charge in [0.1, 0.15) is 11.8 Å². The van der Waals surface area contributed by atoms with Crippen molar-refractivity contribution in [1.82, 2.24) is 10.9 Å². The first-order chi connectivity index (χ1) is 13.6. The third-order valence-corrected chi connectivity index (χ3v) is 4.19. The van der Waals surface area contributed by atoms with Crippen molar-refractivity contribution < 1.29 is 19.1 Å². The Balaban J connectivity index is 1.58. The third-order valence-electron chi connectivity index (χ3n) is 4.19. The summed E-state index contributed by atoms with van der Waals surface area (Å²) in [5.74, 6) is -0.880. The molecule has 1 aliphatic rings. The van der Waals surface area contributed by atoms with Crippen LogP contribution in [0.2, 0.25) is 0 Å². The van der Waals surface area contributed by atoms with Crippen molar-refractivity contribution >= 4 is 23.4 Å². The van der Waals surface area contributed by atoms with Crippen molar-refractivity contribution in [3.8, 4) is 11.8 Å². The monoisotopic (exact) mass is 378 g/mol. The molecular formula is C20H18N4O4. The van der Waals surface area contributed by atoms with Gasteiger partial charge in [-0.25, -0.2) is 0 Å². The lowest BCUT2D eigenvalue weighted by molar-refractivity contribution is -0.123. The number of carbonyl (C=O) groups is 3. The Morgan fingerprint density at radius 2 is 1.86 bits per heavy atom. The van der Waals surface area contributed by atoms with E-state index in [2.05, 4.69) is 10.9 Å². The van der Waals surface area contributed by atoms with Gasteiger partial charge in [0.05, 0.1) is 16.8 Å². The SMILES string of the molecule is N#Cc1ccccc1OCC(=O)NNC(=O)c1ccccc1N1CCCC1=O. The predicted octanol–water partition coefficient (Wildman–Crippen LogP) is 1.53. The second kappa shape index (κ2) is 8.68. The van der Waals surface area contributed by atoms with Gasteiger partial charge in [-0.15, -0.1) is 0 Å². The lowest BCUT2D eigenvalue weighted by atomic mass is 10.1. The van der Waals surface area contributed by atoms with Crippen LogP contribution in [0.4, 0.5) is 5.69 Å². The van der Waals surface area contributed by atoms with Crippen LogP contribution in [0.25, 0.3) is 0 Å². The van der Waals surface area contributed by atoms with E-state index in [1.807, 2.05) is 6.07 Å². The van der Waals surface area contributed by atoms with E-state index in [1.54, 1.807) is 53.4 Å². The van der Waals surface area contributed by atoms with Gasteiger partial charge >= 0.3 is 0 Å². The normalized spacial score (nSPS) is 13.0. The van der Waals surface area contributed by atoms with Crippen LogP contribution < -0.4 is 20.5 Å². The molecular weight excluding hydrogens is 360 g/mol. The summed E-state index contributed by atoms with van der Waals surface area (Å²) in [5, 5.41) is 9.00. The first-order valence-corrected chi connectivity index (χ1v) is 8.70. The van der Waals surface area contributed by atoms with Gasteiger partial charge < -0.3 is 9.64 Å². The zero-order chi connectivity index (χ0) is 19.9. The lowest BCUT2D eigenvalue weighted by Crippen LogP contribution is -2.44. The molecule has 142 valence electrons. The van der Waals surface area contributed by atoms with Crippen LogP contribution in [-0.2, 0) is 9.59 Å². The summed E-state index contributed by atoms with van der Waals surface area (Å²) >= 11 is 0. The van der Waals surface area contributed by atoms with Crippen molar-refractivity contribution in [3.05, 3.63) is 59.7 Å². The Labute approximate surface area is 161 Å². The zero-order valence-corrected chi connectivity index (χ0v) is 15.0. The number of hydrogen-bond acceptors (Lipinski definition) is 5. The Morgan fingerprint density at radius 3 is 2.61 bits per heavy atom. The van der Waals surface area contributed by atoms with Gasteiger partial charge in [-0.2, -0.15) is 5.26 Å². The van der Waals surface area contributed by atoms with E-state index in [0.29, 0.717) is 24.2 Å². The summed E-state index contributed by atoms with van der Waals surface area (Å²) < 4.78 is 5.31. The number of carbonyl (C=O) groups excluding carboxylic acids is 3. The highest BCUT2D eigenvalue weighted by Crippen LogP contribution is 2.25. The van der Waals surface area contributed by atoms with Crippen LogP contribution in [0, 0.1) is 11.3 Å². The number of nitrogens with zero attached hydrogens (tertiary/aromatic N) is 2. The average Bonchev–Trinajstić information content (AvgIpc) is 3.16. The molecule has 0 aliphatic carbocycles. The van der Waals surface area contributed by atoms with Crippen molar-refractivity contribution in [2.75, 3.05) is 18.1 Å². The van der Waals surface area contributed by atoms with Gasteiger partial charge in [0, 0.05) is 13.0 Å². The number of hydrazine groups is 1. The summed E-state index contributed by atoms with van der Waals surface area (Å²) in [5.41, 5.74) is 5.69. The molecule has 0 unspecified atom stereocenters. The van der Waals surface area contributed by atoms with Crippen molar-refractivity contribution in [3.63, 3.8) is 0 Å². The molecule has 2 aromatic rings. The van der Waals surface area contributed by atoms with Crippen molar-refractivity contribution in [1.29, 1.82) is 5.26 Å². The number of anilines is 1. The first kappa shape index (κ1) is 18.9. The third kappa shape index (κ3) is 4.27. The molecule has 28 heavy (non-hydrogen) atoms. The minimum Gasteiger partial charge on any atom is -0.482 e. The van der Waals surface area contributed by atoms with E-state index < -0.39 is 11.8 Å². The van der Waals surface area contributed by atoms with Crippen LogP contribution in [0.15, 0.2) is 48.5 Å². The maximum absolute atomic E-state index is 12.5. The summed E-state index contributed by atoms with van der Waals surface area (Å²) in [6.07, 6.45) is 1.20. The average molecular weight is 378 g/mol. The highest BCUT2D eigenvalue weighted by Gasteiger charge is 2.25. The molecule has 0 atom stereocenters. The van der Waals surface area contributed by atoms with Gasteiger partial charge in [-0.3, -0.25) is 25.2 Å². The van der Waals surface area contributed by atoms with E-state index >= 15 is 0 Å². The molecule has 8 nitrogen and oxygen atoms in total. The Kier molecular flexibility index (Phi) is 5.87. The minimum absolute atomic E-state index is 0.0335. The molecule has 1 saturated heterocycles. The molecule has 0 spiro atoms. The van der Waals surface area contributed by atoms with Crippen LogP contribution in [0.5, 0.6) is 5.75 Å². The standard InChI is InChI=1S/C20H18N4O4/c21-12-14-6-1-4-9-17(14)28-13-18(25)22-23-20(27)15-7-2-3-8-16(15)24-11-5-10-19(24)26/h1-4,6-9H,5,10-11,13H2,(H,22,25)(H,23,27). The van der Waals surface area contributed by atoms with E-state index in [0.717, 1.165) is 6.42 Å². The Morgan fingerprint density at radius 1 is 1.11 bits per heavy atom. The number of nitrogens with one attached hydrogen (secondary N) is 2. The van der Waals surface area contributed by atoms with E-state index in [-0.39, 0.29) is 23.8 Å². The van der Waals surface area contributed by atoms with Crippen LogP contribution >= 0.6 is 0 Å². The highest BCUT2D eigenvalue weighted by molar-refractivity contribution is 6.05. The maximum Gasteiger partial charge on any atom is 0.276 e. The van der Waals surface area contributed by atoms with E-state index in [9.17, 15) is 14.4 Å². The fourth-order valence-corrected chi connectivity index (χ4v) is 2.86. The van der Waals surface area contributed by atoms with Gasteiger partial charge in [-0.05, 0) is 30.7 Å². The number of para-hydroxylation sites is 2. The second-order valence-corrected chi connectivity index (χ2v) is 6.07. The summed E-state index contributed by atoms with van der Waals surface area (Å²) in [7, 11) is 0. The molecule has 3 rings (SSSR count). The molecule has 1 fully saturated rings. The van der Waals surface area contributed by atoms with Crippen molar-refractivity contribution in [2.45, 2.75) is 12.8 Å². The molecule has 3 amide bonds. The summed E-state index contributed by atoms with van der Waals surface area (Å²) in [6, 6.07) is 15.2. The van der Waals surface area contributed by atoms with Gasteiger partial charge in [0.25, 0.3) is 11.8 Å². The predicted molar refractivity (Wildman–Crippen MR) is 100 cm³/mol. The summed E-state index contributed by atoms with van der Waals surface area (Å²) in [6.45, 7) is 0.187. The number of rotatable bonds is 5. The highest BCUT2D eigenvalue weighted by atomic mass is 16.5. The fourth-order valence-electron chi connectivity index (χ4n) is 2.86. The quantitative estimate of drug-likeness (QED) is 0.767. The number of amides is 3. The second-order valence-electron chi connectivity index (χ2n) is 6.07. The van der Waals surface area contributed by atoms with E-state index in [4.69, 9.17) is 10.00 Å². The number of benzene rings is 2. The smallest absolute Gasteiger partial charge is 0.276 e. The molecule has 1 aliphatic heterocycles. The number of hydrogen-bond donors (Lipinski definition) is 2. The molecule has 0 radical (unpaired) electrons. The molecule has 2 aromatic carbocycles. The zero-order valence-electron chi connectivity index (χ0n) is 15.0. The lowest BCUT2D eigenvalue weighted by Gasteiger charge is -2.19. The van der Waals surface area contributed by atoms with E-state index in [1.165, 1.54) is 0 Å². The van der Waals surface area contributed by atoms with Crippen LogP contribution in [0.3, 0.4) is 0 Å². The minimum atomic E-state index is -0.587. The molecule has 2 N–H and O–H groups in total. The molecule has 0 bridgehead atoms. The topological polar surface area (TPSA) is 112 Å². The first-order valence-electron chi connectivity index (χ1n) is 8.70. The number of ether oxygens (including phenoxy) is 1. The van der Waals surface area contributed by atoms with Crippen LogP contribution in [-0.4, -0.2) is 30.9 Å². The molecule has 0 saturated carbocycles.